The molecule has 0 radical (unpaired) electrons. The Labute approximate surface area is 165 Å². The maximum absolute atomic E-state index is 12.2. The molecule has 0 amide bonds. The van der Waals surface area contributed by atoms with Gasteiger partial charge in [0.05, 0.1) is 16.3 Å². The van der Waals surface area contributed by atoms with Crippen LogP contribution in [0.2, 0.25) is 0 Å². The summed E-state index contributed by atoms with van der Waals surface area (Å²) in [4.78, 5) is 6.38. The summed E-state index contributed by atoms with van der Waals surface area (Å²) in [6.07, 6.45) is 1.07. The normalized spacial score (nSPS) is 12.0. The molecule has 3 aromatic heterocycles. The molecule has 0 aliphatic heterocycles. The van der Waals surface area contributed by atoms with Crippen LogP contribution < -0.4 is 4.72 Å². The number of thiazole rings is 1. The summed E-state index contributed by atoms with van der Waals surface area (Å²) in [5, 5.41) is 8.53. The van der Waals surface area contributed by atoms with Crippen LogP contribution in [0, 0.1) is 0 Å². The van der Waals surface area contributed by atoms with Gasteiger partial charge in [-0.05, 0) is 23.4 Å². The second-order valence-corrected chi connectivity index (χ2v) is 9.74. The highest BCUT2D eigenvalue weighted by Crippen LogP contribution is 2.24. The summed E-state index contributed by atoms with van der Waals surface area (Å²) in [6.45, 7) is 0.344. The van der Waals surface area contributed by atoms with E-state index in [2.05, 4.69) is 14.8 Å². The van der Waals surface area contributed by atoms with Gasteiger partial charge in [0.25, 0.3) is 0 Å². The molecule has 0 aliphatic rings. The molecule has 0 bridgehead atoms. The first-order chi connectivity index (χ1) is 13.1. The van der Waals surface area contributed by atoms with Crippen LogP contribution in [0.25, 0.3) is 15.7 Å². The first-order valence-corrected chi connectivity index (χ1v) is 11.9. The number of hydrogen-bond donors (Lipinski definition) is 1. The molecule has 0 saturated heterocycles. The fraction of sp³-hybridized carbons (Fsp3) is 0.222. The predicted octanol–water partition coefficient (Wildman–Crippen LogP) is 3.22. The van der Waals surface area contributed by atoms with Crippen molar-refractivity contribution in [1.82, 2.24) is 19.3 Å². The highest BCUT2D eigenvalue weighted by Gasteiger charge is 2.14. The van der Waals surface area contributed by atoms with Crippen LogP contribution in [0.5, 0.6) is 0 Å². The van der Waals surface area contributed by atoms with E-state index in [1.807, 2.05) is 53.2 Å². The standard InChI is InChI=1S/C18H18N4O2S3/c23-27(24,12-9-14-5-2-1-3-6-14)19-10-8-15-13-26-18-20-17(21-22(15)18)16-7-4-11-25-16/h1-7,11,13,19H,8-10,12H2. The summed E-state index contributed by atoms with van der Waals surface area (Å²) >= 11 is 3.11. The highest BCUT2D eigenvalue weighted by atomic mass is 32.2. The number of nitrogens with one attached hydrogen (secondary N) is 1. The molecule has 0 fully saturated rings. The number of fused-ring (bicyclic) bond motifs is 1. The van der Waals surface area contributed by atoms with Gasteiger partial charge in [-0.25, -0.2) is 17.7 Å². The van der Waals surface area contributed by atoms with Gasteiger partial charge in [-0.2, -0.15) is 4.98 Å². The van der Waals surface area contributed by atoms with Crippen molar-refractivity contribution in [3.8, 4) is 10.7 Å². The quantitative estimate of drug-likeness (QED) is 0.477. The Morgan fingerprint density at radius 1 is 1.04 bits per heavy atom. The van der Waals surface area contributed by atoms with Crippen molar-refractivity contribution in [2.24, 2.45) is 0 Å². The second-order valence-electron chi connectivity index (χ2n) is 6.03. The van der Waals surface area contributed by atoms with E-state index < -0.39 is 10.0 Å². The van der Waals surface area contributed by atoms with Gasteiger partial charge in [0.1, 0.15) is 0 Å². The molecule has 0 spiro atoms. The van der Waals surface area contributed by atoms with Gasteiger partial charge in [0.2, 0.25) is 15.0 Å². The Hall–Kier alpha value is -2.07. The summed E-state index contributed by atoms with van der Waals surface area (Å²) in [7, 11) is -3.31. The van der Waals surface area contributed by atoms with E-state index >= 15 is 0 Å². The van der Waals surface area contributed by atoms with Gasteiger partial charge < -0.3 is 0 Å². The van der Waals surface area contributed by atoms with Gasteiger partial charge in [-0.1, -0.05) is 36.4 Å². The minimum Gasteiger partial charge on any atom is -0.215 e. The van der Waals surface area contributed by atoms with Crippen molar-refractivity contribution in [3.63, 3.8) is 0 Å². The van der Waals surface area contributed by atoms with Crippen LogP contribution in [0.3, 0.4) is 0 Å². The third-order valence-corrected chi connectivity index (χ3v) is 7.21. The Morgan fingerprint density at radius 3 is 2.67 bits per heavy atom. The molecule has 4 aromatic rings. The van der Waals surface area contributed by atoms with Crippen molar-refractivity contribution < 1.29 is 8.42 Å². The van der Waals surface area contributed by atoms with E-state index in [0.717, 1.165) is 21.1 Å². The lowest BCUT2D eigenvalue weighted by molar-refractivity contribution is 0.580. The zero-order chi connectivity index (χ0) is 18.7. The average Bonchev–Trinajstić information content (AvgIpc) is 3.38. The van der Waals surface area contributed by atoms with Gasteiger partial charge in [-0.3, -0.25) is 0 Å². The molecule has 4 rings (SSSR count). The number of benzene rings is 1. The maximum Gasteiger partial charge on any atom is 0.212 e. The van der Waals surface area contributed by atoms with Crippen molar-refractivity contribution in [3.05, 3.63) is 64.5 Å². The van der Waals surface area contributed by atoms with Crippen LogP contribution in [0.15, 0.2) is 53.2 Å². The lowest BCUT2D eigenvalue weighted by atomic mass is 10.2. The van der Waals surface area contributed by atoms with E-state index in [1.54, 1.807) is 15.9 Å². The minimum atomic E-state index is -3.31. The molecular formula is C18H18N4O2S3. The Balaban J connectivity index is 1.36. The van der Waals surface area contributed by atoms with E-state index in [1.165, 1.54) is 11.3 Å². The number of nitrogens with zero attached hydrogens (tertiary/aromatic N) is 3. The highest BCUT2D eigenvalue weighted by molar-refractivity contribution is 7.89. The van der Waals surface area contributed by atoms with E-state index in [-0.39, 0.29) is 5.75 Å². The van der Waals surface area contributed by atoms with Crippen LogP contribution in [-0.4, -0.2) is 35.3 Å². The number of aromatic nitrogens is 3. The average molecular weight is 419 g/mol. The first kappa shape index (κ1) is 18.3. The summed E-state index contributed by atoms with van der Waals surface area (Å²) in [5.41, 5.74) is 1.97. The fourth-order valence-electron chi connectivity index (χ4n) is 2.71. The zero-order valence-corrected chi connectivity index (χ0v) is 16.9. The van der Waals surface area contributed by atoms with Crippen molar-refractivity contribution >= 4 is 37.7 Å². The number of aryl methyl sites for hydroxylation is 1. The molecule has 0 unspecified atom stereocenters. The molecule has 3 heterocycles. The lowest BCUT2D eigenvalue weighted by Crippen LogP contribution is -2.29. The molecule has 1 aromatic carbocycles. The molecule has 27 heavy (non-hydrogen) atoms. The minimum absolute atomic E-state index is 0.0852. The monoisotopic (exact) mass is 418 g/mol. The van der Waals surface area contributed by atoms with Gasteiger partial charge in [0, 0.05) is 18.3 Å². The summed E-state index contributed by atoms with van der Waals surface area (Å²) < 4.78 is 28.9. The summed E-state index contributed by atoms with van der Waals surface area (Å²) in [5.74, 6) is 0.795. The van der Waals surface area contributed by atoms with Gasteiger partial charge in [-0.15, -0.1) is 27.8 Å². The Morgan fingerprint density at radius 2 is 1.89 bits per heavy atom. The molecule has 6 nitrogen and oxygen atoms in total. The number of rotatable bonds is 8. The van der Waals surface area contributed by atoms with Gasteiger partial charge >= 0.3 is 0 Å². The smallest absolute Gasteiger partial charge is 0.212 e. The third-order valence-electron chi connectivity index (χ3n) is 4.10. The zero-order valence-electron chi connectivity index (χ0n) is 14.4. The summed E-state index contributed by atoms with van der Waals surface area (Å²) in [6, 6.07) is 13.6. The van der Waals surface area contributed by atoms with E-state index in [0.29, 0.717) is 25.2 Å². The largest absolute Gasteiger partial charge is 0.215 e. The molecule has 1 N–H and O–H groups in total. The molecular weight excluding hydrogens is 400 g/mol. The van der Waals surface area contributed by atoms with Crippen LogP contribution in [0.4, 0.5) is 0 Å². The van der Waals surface area contributed by atoms with E-state index in [4.69, 9.17) is 0 Å². The van der Waals surface area contributed by atoms with Crippen molar-refractivity contribution in [1.29, 1.82) is 0 Å². The molecule has 140 valence electrons. The maximum atomic E-state index is 12.2. The lowest BCUT2D eigenvalue weighted by Gasteiger charge is -2.06. The predicted molar refractivity (Wildman–Crippen MR) is 110 cm³/mol. The number of sulfonamides is 1. The van der Waals surface area contributed by atoms with Crippen molar-refractivity contribution in [2.75, 3.05) is 12.3 Å². The molecule has 0 atom stereocenters. The van der Waals surface area contributed by atoms with E-state index in [9.17, 15) is 8.42 Å². The van der Waals surface area contributed by atoms with Crippen LogP contribution in [0.1, 0.15) is 11.3 Å². The molecule has 0 aliphatic carbocycles. The molecule has 0 saturated carbocycles. The Bertz CT molecular complexity index is 1120. The topological polar surface area (TPSA) is 76.4 Å². The third kappa shape index (κ3) is 4.44. The SMILES string of the molecule is O=S(=O)(CCc1ccccc1)NCCc1csc2nc(-c3cccs3)nn12. The number of hydrogen-bond acceptors (Lipinski definition) is 6. The van der Waals surface area contributed by atoms with Crippen LogP contribution >= 0.6 is 22.7 Å². The second kappa shape index (κ2) is 7.89. The molecule has 9 heteroatoms. The first-order valence-electron chi connectivity index (χ1n) is 8.49. The van der Waals surface area contributed by atoms with Gasteiger partial charge in [0.15, 0.2) is 5.82 Å². The van der Waals surface area contributed by atoms with Crippen LogP contribution in [-0.2, 0) is 22.9 Å². The van der Waals surface area contributed by atoms with Crippen molar-refractivity contribution in [2.45, 2.75) is 12.8 Å². The number of thiophene rings is 1. The fourth-order valence-corrected chi connectivity index (χ4v) is 5.28. The Kier molecular flexibility index (Phi) is 5.35.